The molecule has 0 aliphatic heterocycles. The van der Waals surface area contributed by atoms with Crippen LogP contribution in [0.25, 0.3) is 0 Å². The maximum atomic E-state index is 12.7. The van der Waals surface area contributed by atoms with E-state index >= 15 is 0 Å². The van der Waals surface area contributed by atoms with Gasteiger partial charge in [0, 0.05) is 12.8 Å². The summed E-state index contributed by atoms with van der Waals surface area (Å²) in [5.41, 5.74) is 5.47. The first-order valence-corrected chi connectivity index (χ1v) is 19.0. The molecule has 4 N–H and O–H groups in total. The Morgan fingerprint density at radius 2 is 1.23 bits per heavy atom. The molecule has 0 fully saturated rings. The van der Waals surface area contributed by atoms with E-state index in [-0.39, 0.29) is 18.0 Å². The lowest BCUT2D eigenvalue weighted by molar-refractivity contribution is -0.147. The highest BCUT2D eigenvalue weighted by Crippen LogP contribution is 2.15. The molecule has 0 saturated carbocycles. The van der Waals surface area contributed by atoms with E-state index in [1.54, 1.807) is 0 Å². The van der Waals surface area contributed by atoms with E-state index in [9.17, 15) is 19.5 Å². The molecule has 0 bridgehead atoms. The van der Waals surface area contributed by atoms with Gasteiger partial charge in [-0.1, -0.05) is 114 Å². The number of carbonyl (C=O) groups is 3. The fourth-order valence-electron chi connectivity index (χ4n) is 5.25. The molecule has 47 heavy (non-hydrogen) atoms. The van der Waals surface area contributed by atoms with Gasteiger partial charge in [-0.25, -0.2) is 4.79 Å². The zero-order chi connectivity index (χ0) is 34.6. The first-order valence-electron chi connectivity index (χ1n) is 19.0. The van der Waals surface area contributed by atoms with Crippen molar-refractivity contribution in [2.45, 2.75) is 180 Å². The molecule has 1 amide bonds. The van der Waals surface area contributed by atoms with E-state index in [0.29, 0.717) is 38.6 Å². The Kier molecular flexibility index (Phi) is 32.7. The van der Waals surface area contributed by atoms with E-state index in [1.165, 1.54) is 44.9 Å². The molecule has 0 aromatic heterocycles. The lowest BCUT2D eigenvalue weighted by Crippen LogP contribution is -2.40. The molecule has 0 spiro atoms. The van der Waals surface area contributed by atoms with Gasteiger partial charge in [-0.2, -0.15) is 0 Å². The third-order valence-corrected chi connectivity index (χ3v) is 8.11. The number of nitrogens with two attached hydrogens (primary N) is 1. The lowest BCUT2D eigenvalue weighted by Gasteiger charge is -2.15. The number of carboxylic acid groups (broad SMARTS) is 1. The Morgan fingerprint density at radius 1 is 0.660 bits per heavy atom. The van der Waals surface area contributed by atoms with Crippen molar-refractivity contribution in [2.24, 2.45) is 5.73 Å². The van der Waals surface area contributed by atoms with Gasteiger partial charge >= 0.3 is 11.9 Å². The van der Waals surface area contributed by atoms with Crippen molar-refractivity contribution in [3.05, 3.63) is 48.6 Å². The highest BCUT2D eigenvalue weighted by molar-refractivity contribution is 5.83. The van der Waals surface area contributed by atoms with Crippen LogP contribution >= 0.6 is 0 Å². The summed E-state index contributed by atoms with van der Waals surface area (Å²) in [6.45, 7) is 4.79. The molecular weight excluding hydrogens is 588 g/mol. The number of hydrogen-bond donors (Lipinski definition) is 3. The summed E-state index contributed by atoms with van der Waals surface area (Å²) in [5.74, 6) is -1.36. The fraction of sp³-hybridized carbons (Fsp3) is 0.725. The van der Waals surface area contributed by atoms with Gasteiger partial charge < -0.3 is 20.9 Å². The molecule has 7 heteroatoms. The summed E-state index contributed by atoms with van der Waals surface area (Å²) >= 11 is 0. The number of esters is 1. The van der Waals surface area contributed by atoms with Crippen LogP contribution in [0.15, 0.2) is 48.6 Å². The van der Waals surface area contributed by atoms with Gasteiger partial charge in [0.1, 0.15) is 12.1 Å². The molecule has 0 aliphatic rings. The minimum Gasteiger partial charge on any atom is -0.480 e. The molecule has 2 atom stereocenters. The summed E-state index contributed by atoms with van der Waals surface area (Å²) < 4.78 is 5.89. The number of aliphatic carboxylic acids is 1. The van der Waals surface area contributed by atoms with E-state index in [0.717, 1.165) is 77.0 Å². The van der Waals surface area contributed by atoms with Crippen molar-refractivity contribution >= 4 is 17.8 Å². The number of nitrogens with one attached hydrogen (secondary N) is 1. The average Bonchev–Trinajstić information content (AvgIpc) is 3.05. The summed E-state index contributed by atoms with van der Waals surface area (Å²) in [5, 5.41) is 11.9. The number of ether oxygens (including phenoxy) is 1. The fourth-order valence-corrected chi connectivity index (χ4v) is 5.25. The molecule has 0 aliphatic carbocycles. The first-order chi connectivity index (χ1) is 22.9. The van der Waals surface area contributed by atoms with Gasteiger partial charge in [0.2, 0.25) is 5.91 Å². The van der Waals surface area contributed by atoms with E-state index in [4.69, 9.17) is 10.5 Å². The van der Waals surface area contributed by atoms with Crippen LogP contribution in [0, 0.1) is 0 Å². The smallest absolute Gasteiger partial charge is 0.326 e. The summed E-state index contributed by atoms with van der Waals surface area (Å²) in [4.78, 5) is 36.2. The van der Waals surface area contributed by atoms with Crippen LogP contribution in [0.3, 0.4) is 0 Å². The SMILES string of the molecule is CC/C=C\C/C=C\C/C=C\CCCCCC(=O)OC(/C=C\CCCCCCCCC)CCCCCCC(=O)NC(CCCN)C(=O)O. The molecular formula is C40H70N2O5. The van der Waals surface area contributed by atoms with Crippen molar-refractivity contribution in [2.75, 3.05) is 6.54 Å². The van der Waals surface area contributed by atoms with Crippen molar-refractivity contribution in [3.63, 3.8) is 0 Å². The van der Waals surface area contributed by atoms with Gasteiger partial charge in [-0.05, 0) is 96.1 Å². The minimum absolute atomic E-state index is 0.118. The van der Waals surface area contributed by atoms with Crippen molar-refractivity contribution < 1.29 is 24.2 Å². The van der Waals surface area contributed by atoms with Crippen LogP contribution in [0.4, 0.5) is 0 Å². The molecule has 0 saturated heterocycles. The predicted molar refractivity (Wildman–Crippen MR) is 197 cm³/mol. The van der Waals surface area contributed by atoms with E-state index < -0.39 is 12.0 Å². The van der Waals surface area contributed by atoms with Crippen LogP contribution in [0.2, 0.25) is 0 Å². The molecule has 0 heterocycles. The second-order valence-electron chi connectivity index (χ2n) is 12.6. The largest absolute Gasteiger partial charge is 0.480 e. The second kappa shape index (κ2) is 34.7. The van der Waals surface area contributed by atoms with Crippen molar-refractivity contribution in [1.82, 2.24) is 5.32 Å². The van der Waals surface area contributed by atoms with Crippen LogP contribution in [-0.2, 0) is 19.1 Å². The molecule has 0 radical (unpaired) electrons. The second-order valence-corrected chi connectivity index (χ2v) is 12.6. The zero-order valence-electron chi connectivity index (χ0n) is 30.1. The Bertz CT molecular complexity index is 880. The number of hydrogen-bond acceptors (Lipinski definition) is 5. The first kappa shape index (κ1) is 44.3. The normalized spacial score (nSPS) is 13.3. The van der Waals surface area contributed by atoms with Gasteiger partial charge in [-0.3, -0.25) is 9.59 Å². The summed E-state index contributed by atoms with van der Waals surface area (Å²) in [6, 6.07) is -0.873. The maximum absolute atomic E-state index is 12.7. The Morgan fingerprint density at radius 3 is 1.91 bits per heavy atom. The van der Waals surface area contributed by atoms with Crippen LogP contribution in [0.1, 0.15) is 168 Å². The Labute approximate surface area is 287 Å². The molecule has 0 rings (SSSR count). The molecule has 0 aromatic rings. The number of allylic oxidation sites excluding steroid dienone is 7. The van der Waals surface area contributed by atoms with Crippen LogP contribution < -0.4 is 11.1 Å². The average molecular weight is 659 g/mol. The third kappa shape index (κ3) is 31.7. The van der Waals surface area contributed by atoms with Crippen molar-refractivity contribution in [3.8, 4) is 0 Å². The monoisotopic (exact) mass is 659 g/mol. The predicted octanol–water partition coefficient (Wildman–Crippen LogP) is 10.1. The number of rotatable bonds is 33. The molecule has 0 aromatic carbocycles. The molecule has 7 nitrogen and oxygen atoms in total. The topological polar surface area (TPSA) is 119 Å². The van der Waals surface area contributed by atoms with Crippen LogP contribution in [0.5, 0.6) is 0 Å². The van der Waals surface area contributed by atoms with Crippen molar-refractivity contribution in [1.29, 1.82) is 0 Å². The number of unbranched alkanes of at least 4 members (excludes halogenated alkanes) is 13. The standard InChI is InChI=1S/C40H70N2O5/c1-3-5-7-9-11-13-14-15-16-18-20-22-28-34-39(44)47-36(30-25-21-19-17-12-10-8-6-4-2)31-26-23-24-27-33-38(43)42-37(40(45)46)32-29-35-41/h5,7,11,13,15-16,25,30,36-37H,3-4,6,8-10,12,14,17-24,26-29,31-35,41H2,1-2H3,(H,42,43)(H,45,46)/b7-5-,13-11-,16-15-,30-25-. The van der Waals surface area contributed by atoms with Gasteiger partial charge in [0.15, 0.2) is 0 Å². The van der Waals surface area contributed by atoms with Gasteiger partial charge in [-0.15, -0.1) is 0 Å². The highest BCUT2D eigenvalue weighted by atomic mass is 16.5. The Balaban J connectivity index is 4.44. The number of amides is 1. The van der Waals surface area contributed by atoms with Gasteiger partial charge in [0.25, 0.3) is 0 Å². The Hall–Kier alpha value is -2.67. The highest BCUT2D eigenvalue weighted by Gasteiger charge is 2.19. The lowest BCUT2D eigenvalue weighted by atomic mass is 10.1. The zero-order valence-corrected chi connectivity index (χ0v) is 30.1. The third-order valence-electron chi connectivity index (χ3n) is 8.11. The number of carboxylic acids is 1. The van der Waals surface area contributed by atoms with E-state index in [2.05, 4.69) is 67.8 Å². The van der Waals surface area contributed by atoms with E-state index in [1.807, 2.05) is 0 Å². The molecule has 2 unspecified atom stereocenters. The van der Waals surface area contributed by atoms with Gasteiger partial charge in [0.05, 0.1) is 0 Å². The minimum atomic E-state index is -1.02. The quantitative estimate of drug-likeness (QED) is 0.0367. The van der Waals surface area contributed by atoms with Crippen LogP contribution in [-0.4, -0.2) is 41.6 Å². The summed E-state index contributed by atoms with van der Waals surface area (Å²) in [6.07, 6.45) is 40.2. The maximum Gasteiger partial charge on any atom is 0.326 e. The number of carbonyl (C=O) groups excluding carboxylic acids is 2. The molecule has 270 valence electrons. The summed E-state index contributed by atoms with van der Waals surface area (Å²) in [7, 11) is 0.